The number of carbonyl (C=O) groups excluding carboxylic acids is 2. The van der Waals surface area contributed by atoms with Crippen molar-refractivity contribution in [1.82, 2.24) is 10.2 Å². The number of halogens is 2. The maximum Gasteiger partial charge on any atom is 0.329 e. The Kier molecular flexibility index (Phi) is 6.76. The number of imide groups is 1. The zero-order chi connectivity index (χ0) is 20.3. The van der Waals surface area contributed by atoms with E-state index >= 15 is 0 Å². The number of nitrogens with one attached hydrogen (secondary N) is 1. The number of benzene rings is 2. The van der Waals surface area contributed by atoms with Gasteiger partial charge in [0.25, 0.3) is 5.91 Å². The molecule has 3 rings (SSSR count). The highest BCUT2D eigenvalue weighted by Gasteiger charge is 2.32. The molecule has 1 aliphatic rings. The SMILES string of the molecule is C=CCN1C(=O)N/C(=C/c2cc(I)c(OCc3cccc(C)c3)c(I)c2)C1=O. The van der Waals surface area contributed by atoms with E-state index in [2.05, 4.69) is 76.1 Å². The van der Waals surface area contributed by atoms with Crippen molar-refractivity contribution < 1.29 is 14.3 Å². The molecule has 1 heterocycles. The number of aryl methyl sites for hydroxylation is 1. The van der Waals surface area contributed by atoms with E-state index in [9.17, 15) is 9.59 Å². The molecule has 0 atom stereocenters. The molecule has 0 aromatic heterocycles. The van der Waals surface area contributed by atoms with E-state index in [1.165, 1.54) is 11.6 Å². The molecule has 1 N–H and O–H groups in total. The van der Waals surface area contributed by atoms with E-state index in [0.29, 0.717) is 6.61 Å². The summed E-state index contributed by atoms with van der Waals surface area (Å²) in [6, 6.07) is 11.6. The monoisotopic (exact) mass is 600 g/mol. The van der Waals surface area contributed by atoms with E-state index in [1.807, 2.05) is 24.3 Å². The number of rotatable bonds is 6. The van der Waals surface area contributed by atoms with Crippen LogP contribution in [0, 0.1) is 14.1 Å². The van der Waals surface area contributed by atoms with Crippen LogP contribution in [0.15, 0.2) is 54.8 Å². The zero-order valence-electron chi connectivity index (χ0n) is 15.2. The second kappa shape index (κ2) is 9.08. The first-order valence-corrected chi connectivity index (χ1v) is 10.7. The largest absolute Gasteiger partial charge is 0.487 e. The summed E-state index contributed by atoms with van der Waals surface area (Å²) in [5, 5.41) is 2.61. The predicted octanol–water partition coefficient (Wildman–Crippen LogP) is 4.86. The number of hydrogen-bond acceptors (Lipinski definition) is 3. The van der Waals surface area contributed by atoms with Crippen molar-refractivity contribution in [2.24, 2.45) is 0 Å². The van der Waals surface area contributed by atoms with Crippen molar-refractivity contribution in [1.29, 1.82) is 0 Å². The molecule has 0 aliphatic carbocycles. The fourth-order valence-corrected chi connectivity index (χ4v) is 4.92. The lowest BCUT2D eigenvalue weighted by molar-refractivity contribution is -0.122. The summed E-state index contributed by atoms with van der Waals surface area (Å²) in [6.45, 7) is 6.29. The topological polar surface area (TPSA) is 58.6 Å². The van der Waals surface area contributed by atoms with E-state index in [0.717, 1.165) is 28.9 Å². The molecular weight excluding hydrogens is 582 g/mol. The van der Waals surface area contributed by atoms with Gasteiger partial charge in [0.05, 0.1) is 7.14 Å². The molecule has 7 heteroatoms. The van der Waals surface area contributed by atoms with Gasteiger partial charge < -0.3 is 10.1 Å². The molecule has 0 bridgehead atoms. The first kappa shape index (κ1) is 20.8. The Morgan fingerprint density at radius 3 is 2.54 bits per heavy atom. The first-order chi connectivity index (χ1) is 13.4. The Morgan fingerprint density at radius 1 is 1.18 bits per heavy atom. The van der Waals surface area contributed by atoms with Gasteiger partial charge in [-0.25, -0.2) is 4.79 Å². The fourth-order valence-electron chi connectivity index (χ4n) is 2.79. The van der Waals surface area contributed by atoms with Crippen LogP contribution in [-0.2, 0) is 11.4 Å². The fraction of sp³-hybridized carbons (Fsp3) is 0.143. The first-order valence-electron chi connectivity index (χ1n) is 8.52. The van der Waals surface area contributed by atoms with Crippen LogP contribution < -0.4 is 10.1 Å². The Hall–Kier alpha value is -1.88. The minimum Gasteiger partial charge on any atom is -0.487 e. The van der Waals surface area contributed by atoms with Crippen molar-refractivity contribution in [3.05, 3.63) is 78.6 Å². The molecule has 0 saturated carbocycles. The van der Waals surface area contributed by atoms with E-state index in [4.69, 9.17) is 4.74 Å². The third kappa shape index (κ3) is 4.75. The molecule has 3 amide bonds. The Bertz CT molecular complexity index is 962. The van der Waals surface area contributed by atoms with Crippen molar-refractivity contribution >= 4 is 63.2 Å². The van der Waals surface area contributed by atoms with Gasteiger partial charge in [0.15, 0.2) is 0 Å². The van der Waals surface area contributed by atoms with Crippen LogP contribution in [0.25, 0.3) is 6.08 Å². The number of nitrogens with zero attached hydrogens (tertiary/aromatic N) is 1. The van der Waals surface area contributed by atoms with Gasteiger partial charge in [-0.1, -0.05) is 35.9 Å². The van der Waals surface area contributed by atoms with Crippen molar-refractivity contribution in [3.8, 4) is 5.75 Å². The minimum absolute atomic E-state index is 0.183. The van der Waals surface area contributed by atoms with Crippen molar-refractivity contribution in [3.63, 3.8) is 0 Å². The van der Waals surface area contributed by atoms with Gasteiger partial charge >= 0.3 is 6.03 Å². The third-order valence-electron chi connectivity index (χ3n) is 4.07. The number of ether oxygens (including phenoxy) is 1. The molecule has 144 valence electrons. The van der Waals surface area contributed by atoms with Crippen molar-refractivity contribution in [2.75, 3.05) is 6.54 Å². The van der Waals surface area contributed by atoms with Gasteiger partial charge in [-0.3, -0.25) is 9.69 Å². The summed E-state index contributed by atoms with van der Waals surface area (Å²) in [5.41, 5.74) is 3.38. The van der Waals surface area contributed by atoms with Gasteiger partial charge in [0.1, 0.15) is 18.1 Å². The average Bonchev–Trinajstić information content (AvgIpc) is 2.89. The third-order valence-corrected chi connectivity index (χ3v) is 5.67. The summed E-state index contributed by atoms with van der Waals surface area (Å²) in [4.78, 5) is 25.3. The van der Waals surface area contributed by atoms with Crippen LogP contribution in [0.5, 0.6) is 5.75 Å². The van der Waals surface area contributed by atoms with Gasteiger partial charge in [-0.05, 0) is 81.4 Å². The molecule has 1 aliphatic heterocycles. The molecule has 0 unspecified atom stereocenters. The smallest absolute Gasteiger partial charge is 0.329 e. The summed E-state index contributed by atoms with van der Waals surface area (Å²) >= 11 is 4.44. The zero-order valence-corrected chi connectivity index (χ0v) is 19.5. The summed E-state index contributed by atoms with van der Waals surface area (Å²) in [5.74, 6) is 0.453. The number of amides is 3. The van der Waals surface area contributed by atoms with Gasteiger partial charge in [0, 0.05) is 6.54 Å². The van der Waals surface area contributed by atoms with Crippen molar-refractivity contribution in [2.45, 2.75) is 13.5 Å². The highest BCUT2D eigenvalue weighted by Crippen LogP contribution is 2.31. The Labute approximate surface area is 191 Å². The quantitative estimate of drug-likeness (QED) is 0.223. The molecule has 2 aromatic rings. The normalized spacial score (nSPS) is 15.1. The molecule has 28 heavy (non-hydrogen) atoms. The van der Waals surface area contributed by atoms with Gasteiger partial charge in [-0.2, -0.15) is 0 Å². The van der Waals surface area contributed by atoms with Crippen LogP contribution in [0.4, 0.5) is 4.79 Å². The lowest BCUT2D eigenvalue weighted by atomic mass is 10.1. The highest BCUT2D eigenvalue weighted by atomic mass is 127. The Balaban J connectivity index is 1.79. The second-order valence-corrected chi connectivity index (χ2v) is 8.61. The lowest BCUT2D eigenvalue weighted by Crippen LogP contribution is -2.30. The summed E-state index contributed by atoms with van der Waals surface area (Å²) < 4.78 is 7.90. The van der Waals surface area contributed by atoms with Crippen LogP contribution in [0.3, 0.4) is 0 Å². The maximum absolute atomic E-state index is 12.3. The molecule has 0 radical (unpaired) electrons. The summed E-state index contributed by atoms with van der Waals surface area (Å²) in [7, 11) is 0. The van der Waals surface area contributed by atoms with Crippen LogP contribution in [0.1, 0.15) is 16.7 Å². The molecule has 1 saturated heterocycles. The molecular formula is C21H18I2N2O3. The standard InChI is InChI=1S/C21H18I2N2O3/c1-3-7-25-20(26)18(24-21(25)27)11-15-9-16(22)19(17(23)10-15)28-12-14-6-4-5-13(2)8-14/h3-6,8-11H,1,7,12H2,2H3,(H,24,27)/b18-11+. The maximum atomic E-state index is 12.3. The van der Waals surface area contributed by atoms with Crippen LogP contribution in [0.2, 0.25) is 0 Å². The number of urea groups is 1. The van der Waals surface area contributed by atoms with Crippen LogP contribution in [-0.4, -0.2) is 23.4 Å². The predicted molar refractivity (Wildman–Crippen MR) is 126 cm³/mol. The highest BCUT2D eigenvalue weighted by molar-refractivity contribution is 14.1. The average molecular weight is 600 g/mol. The lowest BCUT2D eigenvalue weighted by Gasteiger charge is -2.12. The van der Waals surface area contributed by atoms with E-state index in [-0.39, 0.29) is 18.1 Å². The number of carbonyl (C=O) groups is 2. The molecule has 2 aromatic carbocycles. The molecule has 1 fully saturated rings. The molecule has 5 nitrogen and oxygen atoms in total. The minimum atomic E-state index is -0.432. The van der Waals surface area contributed by atoms with E-state index < -0.39 is 6.03 Å². The summed E-state index contributed by atoms with van der Waals surface area (Å²) in [6.07, 6.45) is 3.20. The van der Waals surface area contributed by atoms with Gasteiger partial charge in [0.2, 0.25) is 0 Å². The van der Waals surface area contributed by atoms with Gasteiger partial charge in [-0.15, -0.1) is 6.58 Å². The Morgan fingerprint density at radius 2 is 1.89 bits per heavy atom. The molecule has 0 spiro atoms. The van der Waals surface area contributed by atoms with E-state index in [1.54, 1.807) is 6.08 Å². The van der Waals surface area contributed by atoms with Crippen LogP contribution >= 0.6 is 45.2 Å². The second-order valence-electron chi connectivity index (χ2n) is 6.28. The number of hydrogen-bond donors (Lipinski definition) is 1.